The first-order chi connectivity index (χ1) is 5.99. The Morgan fingerprint density at radius 3 is 2.46 bits per heavy atom. The summed E-state index contributed by atoms with van der Waals surface area (Å²) in [4.78, 5) is 13.1. The second-order valence-electron chi connectivity index (χ2n) is 4.24. The molecule has 76 valence electrons. The van der Waals surface area contributed by atoms with Gasteiger partial charge in [-0.3, -0.25) is 0 Å². The summed E-state index contributed by atoms with van der Waals surface area (Å²) in [5.74, 6) is 0. The van der Waals surface area contributed by atoms with E-state index in [1.807, 2.05) is 13.8 Å². The van der Waals surface area contributed by atoms with Gasteiger partial charge >= 0.3 is 6.09 Å². The van der Waals surface area contributed by atoms with Gasteiger partial charge in [-0.1, -0.05) is 0 Å². The molecule has 0 aliphatic carbocycles. The molecule has 0 spiro atoms. The quantitative estimate of drug-likeness (QED) is 0.698. The highest BCUT2D eigenvalue weighted by atomic mass is 16.6. The largest absolute Gasteiger partial charge is 0.447 e. The smallest absolute Gasteiger partial charge is 0.409 e. The van der Waals surface area contributed by atoms with E-state index < -0.39 is 5.54 Å². The first-order valence-electron chi connectivity index (χ1n) is 4.70. The van der Waals surface area contributed by atoms with E-state index in [-0.39, 0.29) is 12.7 Å². The molecule has 13 heavy (non-hydrogen) atoms. The normalized spacial score (nSPS) is 17.6. The Labute approximate surface area is 79.0 Å². The zero-order chi connectivity index (χ0) is 9.90. The number of ether oxygens (including phenoxy) is 1. The number of carbonyl (C=O) groups excluding carboxylic acids is 1. The van der Waals surface area contributed by atoms with Crippen molar-refractivity contribution in [2.45, 2.75) is 32.2 Å². The minimum absolute atomic E-state index is 0.226. The number of nitrogens with zero attached hydrogens (tertiary/aromatic N) is 1. The monoisotopic (exact) mass is 186 g/mol. The molecular formula is C9H18N2O2. The van der Waals surface area contributed by atoms with Crippen LogP contribution in [0.25, 0.3) is 0 Å². The second kappa shape index (κ2) is 3.96. The van der Waals surface area contributed by atoms with Gasteiger partial charge in [-0.2, -0.15) is 0 Å². The first-order valence-corrected chi connectivity index (χ1v) is 4.70. The van der Waals surface area contributed by atoms with Gasteiger partial charge in [0.15, 0.2) is 0 Å². The number of likely N-dealkylation sites (tertiary alicyclic amines) is 1. The van der Waals surface area contributed by atoms with E-state index in [9.17, 15) is 4.79 Å². The SMILES string of the molecule is CC(C)(N)COC(=O)N1CCCC1. The third kappa shape index (κ3) is 3.63. The molecule has 4 heteroatoms. The van der Waals surface area contributed by atoms with E-state index in [1.165, 1.54) is 0 Å². The van der Waals surface area contributed by atoms with Crippen LogP contribution < -0.4 is 5.73 Å². The van der Waals surface area contributed by atoms with Crippen molar-refractivity contribution in [2.24, 2.45) is 5.73 Å². The fraction of sp³-hybridized carbons (Fsp3) is 0.889. The van der Waals surface area contributed by atoms with E-state index in [2.05, 4.69) is 0 Å². The predicted octanol–water partition coefficient (Wildman–Crippen LogP) is 0.956. The molecule has 1 rings (SSSR count). The molecule has 0 atom stereocenters. The minimum Gasteiger partial charge on any atom is -0.447 e. The number of carbonyl (C=O) groups is 1. The molecule has 0 saturated carbocycles. The minimum atomic E-state index is -0.435. The van der Waals surface area contributed by atoms with Crippen molar-refractivity contribution < 1.29 is 9.53 Å². The Morgan fingerprint density at radius 2 is 2.00 bits per heavy atom. The molecule has 4 nitrogen and oxygen atoms in total. The van der Waals surface area contributed by atoms with Gasteiger partial charge in [-0.25, -0.2) is 4.79 Å². The van der Waals surface area contributed by atoms with Crippen LogP contribution in [0.15, 0.2) is 0 Å². The molecule has 2 N–H and O–H groups in total. The summed E-state index contributed by atoms with van der Waals surface area (Å²) in [5, 5.41) is 0. The van der Waals surface area contributed by atoms with Crippen LogP contribution in [-0.4, -0.2) is 36.2 Å². The van der Waals surface area contributed by atoms with Crippen LogP contribution in [0.2, 0.25) is 0 Å². The molecule has 0 bridgehead atoms. The molecule has 0 aromatic carbocycles. The lowest BCUT2D eigenvalue weighted by atomic mass is 10.1. The van der Waals surface area contributed by atoms with E-state index in [1.54, 1.807) is 4.90 Å². The Bertz CT molecular complexity index is 181. The Kier molecular flexibility index (Phi) is 3.14. The Morgan fingerprint density at radius 1 is 1.46 bits per heavy atom. The van der Waals surface area contributed by atoms with Crippen molar-refractivity contribution in [2.75, 3.05) is 19.7 Å². The fourth-order valence-corrected chi connectivity index (χ4v) is 1.24. The summed E-state index contributed by atoms with van der Waals surface area (Å²) in [6.45, 7) is 5.60. The zero-order valence-electron chi connectivity index (χ0n) is 8.38. The molecule has 1 fully saturated rings. The van der Waals surface area contributed by atoms with Crippen LogP contribution in [0.1, 0.15) is 26.7 Å². The van der Waals surface area contributed by atoms with Crippen molar-refractivity contribution in [3.63, 3.8) is 0 Å². The van der Waals surface area contributed by atoms with Gasteiger partial charge in [-0.15, -0.1) is 0 Å². The van der Waals surface area contributed by atoms with Crippen LogP contribution in [0.3, 0.4) is 0 Å². The molecule has 1 aliphatic heterocycles. The summed E-state index contributed by atoms with van der Waals surface area (Å²) < 4.78 is 5.05. The average Bonchev–Trinajstić information content (AvgIpc) is 2.50. The third-order valence-corrected chi connectivity index (χ3v) is 1.93. The molecule has 1 saturated heterocycles. The molecule has 1 heterocycles. The average molecular weight is 186 g/mol. The van der Waals surface area contributed by atoms with Crippen LogP contribution >= 0.6 is 0 Å². The van der Waals surface area contributed by atoms with Crippen molar-refractivity contribution in [3.05, 3.63) is 0 Å². The molecular weight excluding hydrogens is 168 g/mol. The van der Waals surface area contributed by atoms with E-state index >= 15 is 0 Å². The summed E-state index contributed by atoms with van der Waals surface area (Å²) in [5.41, 5.74) is 5.25. The van der Waals surface area contributed by atoms with Crippen molar-refractivity contribution >= 4 is 6.09 Å². The van der Waals surface area contributed by atoms with Gasteiger partial charge in [0.25, 0.3) is 0 Å². The lowest BCUT2D eigenvalue weighted by Gasteiger charge is -2.21. The molecule has 0 radical (unpaired) electrons. The molecule has 1 aliphatic rings. The zero-order valence-corrected chi connectivity index (χ0v) is 8.38. The van der Waals surface area contributed by atoms with E-state index in [4.69, 9.17) is 10.5 Å². The van der Waals surface area contributed by atoms with Gasteiger partial charge in [0.2, 0.25) is 0 Å². The van der Waals surface area contributed by atoms with Crippen molar-refractivity contribution in [1.82, 2.24) is 4.90 Å². The topological polar surface area (TPSA) is 55.6 Å². The molecule has 0 aromatic heterocycles. The maximum Gasteiger partial charge on any atom is 0.409 e. The van der Waals surface area contributed by atoms with Gasteiger partial charge < -0.3 is 15.4 Å². The highest BCUT2D eigenvalue weighted by Gasteiger charge is 2.21. The number of hydrogen-bond acceptors (Lipinski definition) is 3. The first kappa shape index (κ1) is 10.3. The summed E-state index contributed by atoms with van der Waals surface area (Å²) >= 11 is 0. The van der Waals surface area contributed by atoms with Crippen LogP contribution in [-0.2, 0) is 4.74 Å². The Balaban J connectivity index is 2.25. The summed E-state index contributed by atoms with van der Waals surface area (Å²) in [6.07, 6.45) is 1.94. The summed E-state index contributed by atoms with van der Waals surface area (Å²) in [7, 11) is 0. The van der Waals surface area contributed by atoms with Crippen molar-refractivity contribution in [1.29, 1.82) is 0 Å². The summed E-state index contributed by atoms with van der Waals surface area (Å²) in [6, 6.07) is 0. The lowest BCUT2D eigenvalue weighted by Crippen LogP contribution is -2.40. The lowest BCUT2D eigenvalue weighted by molar-refractivity contribution is 0.0932. The number of rotatable bonds is 2. The number of amides is 1. The highest BCUT2D eigenvalue weighted by molar-refractivity contribution is 5.67. The van der Waals surface area contributed by atoms with Gasteiger partial charge in [0, 0.05) is 18.6 Å². The number of nitrogens with two attached hydrogens (primary N) is 1. The molecule has 0 unspecified atom stereocenters. The highest BCUT2D eigenvalue weighted by Crippen LogP contribution is 2.09. The van der Waals surface area contributed by atoms with Gasteiger partial charge in [-0.05, 0) is 26.7 Å². The molecule has 0 aromatic rings. The van der Waals surface area contributed by atoms with Crippen LogP contribution in [0.4, 0.5) is 4.79 Å². The van der Waals surface area contributed by atoms with E-state index in [0.717, 1.165) is 25.9 Å². The van der Waals surface area contributed by atoms with Crippen LogP contribution in [0, 0.1) is 0 Å². The predicted molar refractivity (Wildman–Crippen MR) is 50.4 cm³/mol. The van der Waals surface area contributed by atoms with Gasteiger partial charge in [0.05, 0.1) is 0 Å². The van der Waals surface area contributed by atoms with Crippen LogP contribution in [0.5, 0.6) is 0 Å². The van der Waals surface area contributed by atoms with E-state index in [0.29, 0.717) is 0 Å². The number of hydrogen-bond donors (Lipinski definition) is 1. The van der Waals surface area contributed by atoms with Gasteiger partial charge in [0.1, 0.15) is 6.61 Å². The van der Waals surface area contributed by atoms with Crippen molar-refractivity contribution in [3.8, 4) is 0 Å². The fourth-order valence-electron chi connectivity index (χ4n) is 1.24. The maximum atomic E-state index is 11.3. The third-order valence-electron chi connectivity index (χ3n) is 1.93. The second-order valence-corrected chi connectivity index (χ2v) is 4.24. The Hall–Kier alpha value is -0.770. The maximum absolute atomic E-state index is 11.3. The molecule has 1 amide bonds. The standard InChI is InChI=1S/C9H18N2O2/c1-9(2,10)7-13-8(12)11-5-3-4-6-11/h3-7,10H2,1-2H3.